The first-order valence-electron chi connectivity index (χ1n) is 13.9. The Morgan fingerprint density at radius 3 is 2.28 bits per heavy atom. The summed E-state index contributed by atoms with van der Waals surface area (Å²) in [6.45, 7) is 1.77. The molecular weight excluding hydrogens is 592 g/mol. The minimum atomic E-state index is -4.60. The van der Waals surface area contributed by atoms with Crippen LogP contribution in [0.5, 0.6) is 0 Å². The van der Waals surface area contributed by atoms with E-state index in [1.165, 1.54) is 12.1 Å². The van der Waals surface area contributed by atoms with Gasteiger partial charge in [0.2, 0.25) is 0 Å². The molecule has 1 amide bonds. The smallest absolute Gasteiger partial charge is 0.407 e. The Morgan fingerprint density at radius 1 is 1.02 bits per heavy atom. The predicted molar refractivity (Wildman–Crippen MR) is 178 cm³/mol. The van der Waals surface area contributed by atoms with Gasteiger partial charge < -0.3 is 20.1 Å². The third-order valence-electron chi connectivity index (χ3n) is 8.03. The van der Waals surface area contributed by atoms with Gasteiger partial charge in [-0.05, 0) is 70.7 Å². The molecule has 0 aliphatic heterocycles. The average molecular weight is 624 g/mol. The van der Waals surface area contributed by atoms with Gasteiger partial charge in [0.15, 0.2) is 0 Å². The number of amides is 1. The van der Waals surface area contributed by atoms with E-state index in [0.29, 0.717) is 22.2 Å². The lowest BCUT2D eigenvalue weighted by Gasteiger charge is -2.42. The van der Waals surface area contributed by atoms with E-state index in [4.69, 9.17) is 11.6 Å². The fourth-order valence-electron chi connectivity index (χ4n) is 5.08. The average Bonchev–Trinajstić information content (AvgIpc) is 3.29. The van der Waals surface area contributed by atoms with Crippen molar-refractivity contribution >= 4 is 71.6 Å². The minimum Gasteiger partial charge on any atom is -0.407 e. The number of nitrogens with one attached hydrogen (secondary N) is 1. The second kappa shape index (κ2) is 12.7. The van der Waals surface area contributed by atoms with Crippen LogP contribution in [0.4, 0.5) is 13.2 Å². The SMILES string of the molecule is BC(B)(O)C(B)(B)n1c(Cc2ccc(Cl)cc2C(F)(F)F)cc2cc(C(=O)NC(CO)c3ccc(SCC)cc3)ccc21. The highest BCUT2D eigenvalue weighted by Crippen LogP contribution is 2.37. The Hall–Kier alpha value is -2.72. The van der Waals surface area contributed by atoms with Crippen LogP contribution in [0.2, 0.25) is 5.02 Å². The predicted octanol–water partition coefficient (Wildman–Crippen LogP) is 2.27. The van der Waals surface area contributed by atoms with Crippen LogP contribution in [0, 0.1) is 0 Å². The number of hydrogen-bond acceptors (Lipinski definition) is 4. The molecule has 222 valence electrons. The first-order valence-corrected chi connectivity index (χ1v) is 15.3. The largest absolute Gasteiger partial charge is 0.416 e. The van der Waals surface area contributed by atoms with Crippen LogP contribution in [-0.4, -0.2) is 69.8 Å². The molecule has 0 saturated heterocycles. The summed E-state index contributed by atoms with van der Waals surface area (Å²) in [7, 11) is 6.94. The van der Waals surface area contributed by atoms with E-state index in [-0.39, 0.29) is 23.6 Å². The number of benzene rings is 3. The van der Waals surface area contributed by atoms with Gasteiger partial charge in [-0.3, -0.25) is 4.79 Å². The zero-order valence-corrected chi connectivity index (χ0v) is 26.3. The number of alkyl halides is 3. The van der Waals surface area contributed by atoms with Gasteiger partial charge in [-0.15, -0.1) is 11.8 Å². The summed E-state index contributed by atoms with van der Waals surface area (Å²) in [6.07, 6.45) is -4.69. The summed E-state index contributed by atoms with van der Waals surface area (Å²) in [4.78, 5) is 14.4. The van der Waals surface area contributed by atoms with Crippen molar-refractivity contribution in [2.75, 3.05) is 12.4 Å². The molecule has 3 aromatic carbocycles. The molecule has 4 aromatic rings. The molecule has 0 aliphatic rings. The number of halogens is 4. The summed E-state index contributed by atoms with van der Waals surface area (Å²) in [5.41, 5.74) is 1.50. The summed E-state index contributed by atoms with van der Waals surface area (Å²) >= 11 is 7.61. The standard InChI is InChI=1S/C29H32B4ClF3N2O3S/c1-2-43-22-8-4-16(5-9-22)24(15-40)38-26(41)18-6-10-25-19(11-18)13-21(39(25)28(30,31)29(32,33)42)12-17-3-7-20(34)14-23(17)27(35,36)37/h3-11,13-14,24,40,42H,2,12,15,30-33H2,1H3,(H,38,41). The molecule has 3 N–H and O–H groups in total. The lowest BCUT2D eigenvalue weighted by molar-refractivity contribution is -0.138. The molecule has 0 fully saturated rings. The fraction of sp³-hybridized carbons (Fsp3) is 0.276. The monoisotopic (exact) mass is 624 g/mol. The number of thioether (sulfide) groups is 1. The van der Waals surface area contributed by atoms with Gasteiger partial charge in [0.25, 0.3) is 5.91 Å². The maximum Gasteiger partial charge on any atom is 0.416 e. The van der Waals surface area contributed by atoms with Crippen LogP contribution in [0.3, 0.4) is 0 Å². The number of hydrogen-bond donors (Lipinski definition) is 3. The number of nitrogens with zero attached hydrogens (tertiary/aromatic N) is 1. The zero-order valence-electron chi connectivity index (χ0n) is 24.7. The summed E-state index contributed by atoms with van der Waals surface area (Å²) < 4.78 is 43.7. The Morgan fingerprint density at radius 2 is 1.70 bits per heavy atom. The van der Waals surface area contributed by atoms with Crippen LogP contribution in [0.15, 0.2) is 71.6 Å². The highest BCUT2D eigenvalue weighted by molar-refractivity contribution is 7.99. The minimum absolute atomic E-state index is 0.0129. The van der Waals surface area contributed by atoms with E-state index in [0.717, 1.165) is 22.3 Å². The number of carbonyl (C=O) groups excluding carboxylic acids is 1. The Balaban J connectivity index is 1.75. The molecule has 0 bridgehead atoms. The van der Waals surface area contributed by atoms with E-state index in [1.807, 2.05) is 44.5 Å². The lowest BCUT2D eigenvalue weighted by Crippen LogP contribution is -2.58. The van der Waals surface area contributed by atoms with Crippen LogP contribution in [0.25, 0.3) is 10.9 Å². The molecule has 0 saturated carbocycles. The van der Waals surface area contributed by atoms with Gasteiger partial charge in [-0.25, -0.2) is 0 Å². The van der Waals surface area contributed by atoms with Crippen molar-refractivity contribution < 1.29 is 28.2 Å². The van der Waals surface area contributed by atoms with Crippen molar-refractivity contribution in [2.45, 2.75) is 41.2 Å². The van der Waals surface area contributed by atoms with E-state index >= 15 is 0 Å². The van der Waals surface area contributed by atoms with E-state index in [1.54, 1.807) is 51.7 Å². The Kier molecular flexibility index (Phi) is 9.81. The van der Waals surface area contributed by atoms with E-state index < -0.39 is 34.4 Å². The molecule has 1 atom stereocenters. The second-order valence-electron chi connectivity index (χ2n) is 11.5. The van der Waals surface area contributed by atoms with Crippen LogP contribution < -0.4 is 5.32 Å². The van der Waals surface area contributed by atoms with Crippen molar-refractivity contribution in [3.8, 4) is 0 Å². The first kappa shape index (κ1) is 33.2. The topological polar surface area (TPSA) is 74.5 Å². The van der Waals surface area contributed by atoms with Gasteiger partial charge in [0.05, 0.1) is 18.2 Å². The highest BCUT2D eigenvalue weighted by Gasteiger charge is 2.39. The molecule has 14 heteroatoms. The van der Waals surface area contributed by atoms with Crippen LogP contribution >= 0.6 is 23.4 Å². The zero-order chi connectivity index (χ0) is 31.7. The highest BCUT2D eigenvalue weighted by atomic mass is 35.5. The van der Waals surface area contributed by atoms with Crippen molar-refractivity contribution in [1.82, 2.24) is 9.88 Å². The number of fused-ring (bicyclic) bond motifs is 1. The van der Waals surface area contributed by atoms with Crippen molar-refractivity contribution in [3.63, 3.8) is 0 Å². The third kappa shape index (κ3) is 7.17. The molecule has 0 spiro atoms. The lowest BCUT2D eigenvalue weighted by atomic mass is 9.40. The van der Waals surface area contributed by atoms with Gasteiger partial charge in [0.1, 0.15) is 31.4 Å². The quantitative estimate of drug-likeness (QED) is 0.187. The van der Waals surface area contributed by atoms with Crippen molar-refractivity contribution in [3.05, 3.63) is 99.7 Å². The summed E-state index contributed by atoms with van der Waals surface area (Å²) in [5, 5.41) is 22.4. The van der Waals surface area contributed by atoms with E-state index in [2.05, 4.69) is 12.2 Å². The molecule has 5 nitrogen and oxygen atoms in total. The number of aromatic nitrogens is 1. The number of carbonyl (C=O) groups is 1. The first-order chi connectivity index (χ1) is 20.1. The number of aliphatic hydroxyl groups excluding tert-OH is 1. The maximum absolute atomic E-state index is 13.9. The summed E-state index contributed by atoms with van der Waals surface area (Å²) in [6, 6.07) is 17.5. The molecule has 0 radical (unpaired) electrons. The molecular formula is C29H32B4ClF3N2O3S. The molecule has 1 heterocycles. The van der Waals surface area contributed by atoms with Crippen LogP contribution in [-0.2, 0) is 17.9 Å². The normalized spacial score (nSPS) is 13.3. The molecule has 1 aromatic heterocycles. The van der Waals surface area contributed by atoms with E-state index in [9.17, 15) is 28.2 Å². The van der Waals surface area contributed by atoms with Crippen LogP contribution in [0.1, 0.15) is 45.7 Å². The van der Waals surface area contributed by atoms with Gasteiger partial charge in [-0.2, -0.15) is 13.2 Å². The van der Waals surface area contributed by atoms with Crippen molar-refractivity contribution in [1.29, 1.82) is 0 Å². The van der Waals surface area contributed by atoms with Crippen molar-refractivity contribution in [2.24, 2.45) is 0 Å². The molecule has 4 rings (SSSR count). The number of aliphatic hydroxyl groups is 2. The molecule has 1 unspecified atom stereocenters. The Bertz CT molecular complexity index is 1630. The summed E-state index contributed by atoms with van der Waals surface area (Å²) in [5.74, 6) is 0.530. The molecule has 43 heavy (non-hydrogen) atoms. The second-order valence-corrected chi connectivity index (χ2v) is 13.3. The molecule has 0 aliphatic carbocycles. The fourth-order valence-corrected chi connectivity index (χ4v) is 5.91. The number of rotatable bonds is 10. The maximum atomic E-state index is 13.9. The van der Waals surface area contributed by atoms with Gasteiger partial charge in [0, 0.05) is 43.9 Å². The Labute approximate surface area is 262 Å². The van der Waals surface area contributed by atoms with Gasteiger partial charge in [-0.1, -0.05) is 36.7 Å². The third-order valence-corrected chi connectivity index (χ3v) is 9.16. The van der Waals surface area contributed by atoms with Gasteiger partial charge >= 0.3 is 6.18 Å².